The summed E-state index contributed by atoms with van der Waals surface area (Å²) in [6, 6.07) is 8.36. The number of nitrogens with zero attached hydrogens (tertiary/aromatic N) is 3. The molecule has 8 heteroatoms. The van der Waals surface area contributed by atoms with Gasteiger partial charge in [-0.3, -0.25) is 4.21 Å². The fraction of sp³-hybridized carbons (Fsp3) is 0.630. The fourth-order valence-corrected chi connectivity index (χ4v) is 8.02. The highest BCUT2D eigenvalue weighted by Crippen LogP contribution is 2.50. The normalized spacial score (nSPS) is 26.2. The summed E-state index contributed by atoms with van der Waals surface area (Å²) in [5.74, 6) is 2.04. The Morgan fingerprint density at radius 2 is 1.80 bits per heavy atom. The van der Waals surface area contributed by atoms with Gasteiger partial charge in [0.15, 0.2) is 0 Å². The summed E-state index contributed by atoms with van der Waals surface area (Å²) >= 11 is 6.08. The number of halogens is 1. The Balaban J connectivity index is 1.19. The van der Waals surface area contributed by atoms with Crippen molar-refractivity contribution in [2.24, 2.45) is 5.41 Å². The van der Waals surface area contributed by atoms with Crippen molar-refractivity contribution in [2.75, 3.05) is 29.9 Å². The van der Waals surface area contributed by atoms with Crippen molar-refractivity contribution in [3.8, 4) is 0 Å². The van der Waals surface area contributed by atoms with Crippen molar-refractivity contribution in [3.05, 3.63) is 40.5 Å². The van der Waals surface area contributed by atoms with E-state index >= 15 is 0 Å². The molecule has 6 nitrogen and oxygen atoms in total. The minimum absolute atomic E-state index is 0.0682. The molecule has 1 aromatic heterocycles. The van der Waals surface area contributed by atoms with Gasteiger partial charge in [0.05, 0.1) is 33.4 Å². The second-order valence-electron chi connectivity index (χ2n) is 12.0. The topological polar surface area (TPSA) is 78.3 Å². The first kappa shape index (κ1) is 23.7. The van der Waals surface area contributed by atoms with Crippen LogP contribution in [-0.2, 0) is 17.2 Å². The molecule has 188 valence electrons. The maximum atomic E-state index is 13.3. The van der Waals surface area contributed by atoms with E-state index in [1.54, 1.807) is 0 Å². The second kappa shape index (κ2) is 8.42. The number of benzene rings is 1. The van der Waals surface area contributed by atoms with Crippen molar-refractivity contribution in [1.29, 1.82) is 0 Å². The number of aromatic nitrogens is 2. The molecule has 3 heterocycles. The van der Waals surface area contributed by atoms with Gasteiger partial charge in [-0.1, -0.05) is 23.7 Å². The van der Waals surface area contributed by atoms with Crippen LogP contribution in [0.25, 0.3) is 0 Å². The number of anilines is 2. The number of aliphatic hydroxyl groups excluding tert-OH is 1. The molecule has 0 radical (unpaired) electrons. The third-order valence-corrected chi connectivity index (χ3v) is 11.1. The van der Waals surface area contributed by atoms with E-state index in [0.29, 0.717) is 23.6 Å². The quantitative estimate of drug-likeness (QED) is 0.580. The summed E-state index contributed by atoms with van der Waals surface area (Å²) in [6.45, 7) is 6.11. The highest BCUT2D eigenvalue weighted by atomic mass is 35.5. The van der Waals surface area contributed by atoms with Crippen molar-refractivity contribution < 1.29 is 9.32 Å². The lowest BCUT2D eigenvalue weighted by Crippen LogP contribution is -2.58. The molecule has 2 N–H and O–H groups in total. The summed E-state index contributed by atoms with van der Waals surface area (Å²) in [5.41, 5.74) is 2.32. The van der Waals surface area contributed by atoms with E-state index in [-0.39, 0.29) is 16.9 Å². The first-order chi connectivity index (χ1) is 16.7. The Morgan fingerprint density at radius 1 is 1.11 bits per heavy atom. The first-order valence-electron chi connectivity index (χ1n) is 12.9. The molecule has 0 unspecified atom stereocenters. The van der Waals surface area contributed by atoms with E-state index < -0.39 is 10.8 Å². The van der Waals surface area contributed by atoms with Gasteiger partial charge in [-0.15, -0.1) is 0 Å². The van der Waals surface area contributed by atoms with Gasteiger partial charge in [-0.2, -0.15) is 4.98 Å². The Hall–Kier alpha value is -1.70. The zero-order valence-electron chi connectivity index (χ0n) is 20.6. The van der Waals surface area contributed by atoms with Gasteiger partial charge in [-0.05, 0) is 82.4 Å². The van der Waals surface area contributed by atoms with Crippen molar-refractivity contribution in [3.63, 3.8) is 0 Å². The number of hydrogen-bond donors (Lipinski definition) is 2. The Labute approximate surface area is 215 Å². The minimum Gasteiger partial charge on any atom is -0.394 e. The SMILES string of the molecule is CC1(C)Cc2nc(N3CC4(CCC(c5ccc(Cl)cc5)CC4)C3)nc(NC3(CO)CCC3)c2[S@@]1=O. The average molecular weight is 515 g/mol. The van der Waals surface area contributed by atoms with Crippen LogP contribution in [0.4, 0.5) is 11.8 Å². The zero-order chi connectivity index (χ0) is 24.4. The predicted octanol–water partition coefficient (Wildman–Crippen LogP) is 5.06. The lowest BCUT2D eigenvalue weighted by atomic mass is 9.65. The Bertz CT molecular complexity index is 1140. The molecule has 2 aliphatic heterocycles. The van der Waals surface area contributed by atoms with Crippen LogP contribution in [0, 0.1) is 5.41 Å². The molecule has 2 saturated carbocycles. The van der Waals surface area contributed by atoms with E-state index in [9.17, 15) is 9.32 Å². The molecule has 1 spiro atoms. The van der Waals surface area contributed by atoms with Gasteiger partial charge in [0.1, 0.15) is 10.7 Å². The standard InChI is InChI=1S/C27H35ClN4O2S/c1-25(2)14-21-22(35(25)34)23(31-27(17-33)10-3-11-27)30-24(29-21)32-15-26(16-32)12-8-19(9-13-26)18-4-6-20(28)7-5-18/h4-7,19,33H,3,8-17H2,1-2H3,(H,29,30,31)/t35-/m0/s1. The van der Waals surface area contributed by atoms with Crippen molar-refractivity contribution in [2.45, 2.75) is 86.3 Å². The summed E-state index contributed by atoms with van der Waals surface area (Å²) in [7, 11) is -1.17. The molecule has 0 amide bonds. The van der Waals surface area contributed by atoms with Crippen LogP contribution >= 0.6 is 11.6 Å². The molecular formula is C27H35ClN4O2S. The third-order valence-electron chi connectivity index (χ3n) is 8.92. The monoisotopic (exact) mass is 514 g/mol. The molecular weight excluding hydrogens is 480 g/mol. The third kappa shape index (κ3) is 4.08. The second-order valence-corrected chi connectivity index (χ2v) is 14.4. The van der Waals surface area contributed by atoms with Crippen LogP contribution in [-0.4, -0.2) is 49.3 Å². The Morgan fingerprint density at radius 3 is 2.40 bits per heavy atom. The predicted molar refractivity (Wildman–Crippen MR) is 141 cm³/mol. The van der Waals surface area contributed by atoms with E-state index in [0.717, 1.165) is 53.9 Å². The zero-order valence-corrected chi connectivity index (χ0v) is 22.2. The first-order valence-corrected chi connectivity index (χ1v) is 14.5. The van der Waals surface area contributed by atoms with Crippen LogP contribution < -0.4 is 10.2 Å². The molecule has 4 aliphatic rings. The fourth-order valence-electron chi connectivity index (χ4n) is 6.47. The maximum absolute atomic E-state index is 13.3. The van der Waals surface area contributed by atoms with Crippen LogP contribution in [0.2, 0.25) is 5.02 Å². The van der Waals surface area contributed by atoms with Gasteiger partial charge in [0.2, 0.25) is 5.95 Å². The molecule has 2 aromatic rings. The Kier molecular flexibility index (Phi) is 5.70. The van der Waals surface area contributed by atoms with Gasteiger partial charge in [-0.25, -0.2) is 4.98 Å². The van der Waals surface area contributed by atoms with Gasteiger partial charge in [0.25, 0.3) is 0 Å². The van der Waals surface area contributed by atoms with E-state index in [1.165, 1.54) is 31.2 Å². The highest BCUT2D eigenvalue weighted by Gasteiger charge is 2.48. The van der Waals surface area contributed by atoms with Crippen LogP contribution in [0.1, 0.15) is 76.0 Å². The largest absolute Gasteiger partial charge is 0.394 e. The minimum atomic E-state index is -1.17. The van der Waals surface area contributed by atoms with E-state index in [1.807, 2.05) is 26.0 Å². The lowest BCUT2D eigenvalue weighted by Gasteiger charge is -2.53. The van der Waals surface area contributed by atoms with Crippen molar-refractivity contribution in [1.82, 2.24) is 9.97 Å². The summed E-state index contributed by atoms with van der Waals surface area (Å²) in [5, 5.41) is 14.4. The van der Waals surface area contributed by atoms with Gasteiger partial charge < -0.3 is 15.3 Å². The molecule has 3 fully saturated rings. The van der Waals surface area contributed by atoms with E-state index in [4.69, 9.17) is 21.6 Å². The smallest absolute Gasteiger partial charge is 0.227 e. The number of aliphatic hydroxyl groups is 1. The molecule has 1 saturated heterocycles. The number of rotatable bonds is 5. The maximum Gasteiger partial charge on any atom is 0.227 e. The summed E-state index contributed by atoms with van der Waals surface area (Å²) in [4.78, 5) is 12.9. The van der Waals surface area contributed by atoms with Crippen LogP contribution in [0.5, 0.6) is 0 Å². The summed E-state index contributed by atoms with van der Waals surface area (Å²) < 4.78 is 12.9. The summed E-state index contributed by atoms with van der Waals surface area (Å²) in [6.07, 6.45) is 8.46. The van der Waals surface area contributed by atoms with Crippen LogP contribution in [0.3, 0.4) is 0 Å². The molecule has 1 aromatic carbocycles. The molecule has 6 rings (SSSR count). The van der Waals surface area contributed by atoms with Gasteiger partial charge in [0, 0.05) is 29.9 Å². The van der Waals surface area contributed by atoms with Crippen molar-refractivity contribution >= 4 is 34.2 Å². The van der Waals surface area contributed by atoms with Crippen LogP contribution in [0.15, 0.2) is 29.2 Å². The average Bonchev–Trinajstić information content (AvgIpc) is 3.03. The number of nitrogens with one attached hydrogen (secondary N) is 1. The highest BCUT2D eigenvalue weighted by molar-refractivity contribution is 7.87. The molecule has 35 heavy (non-hydrogen) atoms. The molecule has 0 bridgehead atoms. The lowest BCUT2D eigenvalue weighted by molar-refractivity contribution is 0.126. The molecule has 1 atom stereocenters. The van der Waals surface area contributed by atoms with E-state index in [2.05, 4.69) is 22.3 Å². The number of fused-ring (bicyclic) bond motifs is 1. The number of hydrogen-bond acceptors (Lipinski definition) is 6. The van der Waals surface area contributed by atoms with Gasteiger partial charge >= 0.3 is 0 Å². The molecule has 2 aliphatic carbocycles.